The van der Waals surface area contributed by atoms with Crippen LogP contribution in [0.15, 0.2) is 21.3 Å². The minimum absolute atomic E-state index is 0.0340. The number of aryl methyl sites for hydroxylation is 1. The van der Waals surface area contributed by atoms with E-state index in [-0.39, 0.29) is 33.5 Å². The first-order chi connectivity index (χ1) is 11.0. The van der Waals surface area contributed by atoms with Gasteiger partial charge in [0.25, 0.3) is 0 Å². The number of ketones is 1. The Morgan fingerprint density at radius 3 is 2.70 bits per heavy atom. The van der Waals surface area contributed by atoms with Crippen LogP contribution in [-0.4, -0.2) is 17.2 Å². The van der Waals surface area contributed by atoms with Gasteiger partial charge in [0.2, 0.25) is 0 Å². The van der Waals surface area contributed by atoms with Crippen molar-refractivity contribution >= 4 is 23.0 Å². The molecule has 1 heterocycles. The van der Waals surface area contributed by atoms with Gasteiger partial charge in [0.1, 0.15) is 17.3 Å². The zero-order valence-electron chi connectivity index (χ0n) is 13.3. The first kappa shape index (κ1) is 16.9. The summed E-state index contributed by atoms with van der Waals surface area (Å²) in [5.74, 6) is 0.280. The molecule has 2 rings (SSSR count). The molecule has 0 saturated carbocycles. The number of benzene rings is 1. The van der Waals surface area contributed by atoms with Gasteiger partial charge in [-0.05, 0) is 31.9 Å². The van der Waals surface area contributed by atoms with Gasteiger partial charge in [0.15, 0.2) is 17.3 Å². The molecule has 122 valence electrons. The summed E-state index contributed by atoms with van der Waals surface area (Å²) >= 11 is 0. The average Bonchev–Trinajstić information content (AvgIpc) is 2.52. The molecule has 0 saturated heterocycles. The summed E-state index contributed by atoms with van der Waals surface area (Å²) in [5.41, 5.74) is 0.247. The molecule has 0 amide bonds. The van der Waals surface area contributed by atoms with Gasteiger partial charge in [-0.1, -0.05) is 13.3 Å². The molecule has 0 unspecified atom stereocenters. The number of aldehydes is 1. The van der Waals surface area contributed by atoms with Gasteiger partial charge in [0.05, 0.1) is 10.9 Å². The highest BCUT2D eigenvalue weighted by atomic mass is 16.3. The summed E-state index contributed by atoms with van der Waals surface area (Å²) in [6, 6.07) is 2.74. The SMILES string of the molecule is CCCCC(=O)CCc1c(C)oc2c(C=O)c(O)ccc2c1=O. The molecule has 5 nitrogen and oxygen atoms in total. The van der Waals surface area contributed by atoms with Crippen LogP contribution in [0.4, 0.5) is 0 Å². The molecule has 0 aliphatic carbocycles. The van der Waals surface area contributed by atoms with Crippen molar-refractivity contribution in [1.82, 2.24) is 0 Å². The Kier molecular flexibility index (Phi) is 5.32. The lowest BCUT2D eigenvalue weighted by molar-refractivity contribution is -0.119. The predicted octanol–water partition coefficient (Wildman–Crippen LogP) is 3.31. The van der Waals surface area contributed by atoms with Crippen LogP contribution in [0.5, 0.6) is 5.75 Å². The van der Waals surface area contributed by atoms with Crippen molar-refractivity contribution in [2.45, 2.75) is 46.0 Å². The largest absolute Gasteiger partial charge is 0.507 e. The van der Waals surface area contributed by atoms with Crippen LogP contribution in [0.2, 0.25) is 0 Å². The molecule has 0 atom stereocenters. The Hall–Kier alpha value is -2.43. The van der Waals surface area contributed by atoms with Crippen LogP contribution < -0.4 is 5.43 Å². The molecule has 1 aromatic carbocycles. The average molecular weight is 316 g/mol. The van der Waals surface area contributed by atoms with Crippen LogP contribution in [-0.2, 0) is 11.2 Å². The Balaban J connectivity index is 2.39. The number of Topliss-reactive ketones (excluding diaryl/α,β-unsaturated/α-hetero) is 1. The first-order valence-electron chi connectivity index (χ1n) is 7.74. The van der Waals surface area contributed by atoms with E-state index in [4.69, 9.17) is 4.42 Å². The van der Waals surface area contributed by atoms with Gasteiger partial charge in [-0.2, -0.15) is 0 Å². The first-order valence-corrected chi connectivity index (χ1v) is 7.74. The molecule has 1 aromatic heterocycles. The molecule has 0 spiro atoms. The van der Waals surface area contributed by atoms with E-state index in [1.807, 2.05) is 6.92 Å². The minimum Gasteiger partial charge on any atom is -0.507 e. The second-order valence-corrected chi connectivity index (χ2v) is 5.60. The second kappa shape index (κ2) is 7.22. The number of carbonyl (C=O) groups is 2. The molecule has 0 aliphatic rings. The quantitative estimate of drug-likeness (QED) is 0.792. The number of hydrogen-bond acceptors (Lipinski definition) is 5. The van der Waals surface area contributed by atoms with E-state index >= 15 is 0 Å². The smallest absolute Gasteiger partial charge is 0.196 e. The van der Waals surface area contributed by atoms with E-state index in [1.54, 1.807) is 6.92 Å². The summed E-state index contributed by atoms with van der Waals surface area (Å²) in [6.07, 6.45) is 3.43. The maximum atomic E-state index is 12.6. The standard InChI is InChI=1S/C18H20O5/c1-3-4-5-12(20)6-7-13-11(2)23-18-14(17(13)22)8-9-16(21)15(18)10-19/h8-10,21H,3-7H2,1-2H3. The fraction of sp³-hybridized carbons (Fsp3) is 0.389. The molecular weight excluding hydrogens is 296 g/mol. The van der Waals surface area contributed by atoms with Crippen LogP contribution in [0, 0.1) is 6.92 Å². The number of phenolic OH excluding ortho intramolecular Hbond substituents is 1. The van der Waals surface area contributed by atoms with Crippen LogP contribution in [0.25, 0.3) is 11.0 Å². The second-order valence-electron chi connectivity index (χ2n) is 5.60. The van der Waals surface area contributed by atoms with E-state index in [2.05, 4.69) is 0 Å². The van der Waals surface area contributed by atoms with Gasteiger partial charge in [-0.25, -0.2) is 0 Å². The Labute approximate surface area is 133 Å². The zero-order chi connectivity index (χ0) is 17.0. The highest BCUT2D eigenvalue weighted by molar-refractivity contribution is 5.97. The molecule has 0 aliphatic heterocycles. The lowest BCUT2D eigenvalue weighted by atomic mass is 10.0. The van der Waals surface area contributed by atoms with Crippen LogP contribution in [0.3, 0.4) is 0 Å². The van der Waals surface area contributed by atoms with Crippen molar-refractivity contribution in [2.75, 3.05) is 0 Å². The monoisotopic (exact) mass is 316 g/mol. The fourth-order valence-corrected chi connectivity index (χ4v) is 2.58. The van der Waals surface area contributed by atoms with Gasteiger partial charge in [-0.3, -0.25) is 14.4 Å². The van der Waals surface area contributed by atoms with Crippen molar-refractivity contribution in [3.63, 3.8) is 0 Å². The van der Waals surface area contributed by atoms with E-state index < -0.39 is 0 Å². The van der Waals surface area contributed by atoms with Crippen LogP contribution >= 0.6 is 0 Å². The number of fused-ring (bicyclic) bond motifs is 1. The molecule has 0 bridgehead atoms. The van der Waals surface area contributed by atoms with Gasteiger partial charge < -0.3 is 9.52 Å². The van der Waals surface area contributed by atoms with Gasteiger partial charge in [-0.15, -0.1) is 0 Å². The van der Waals surface area contributed by atoms with Crippen LogP contribution in [0.1, 0.15) is 54.3 Å². The summed E-state index contributed by atoms with van der Waals surface area (Å²) in [6.45, 7) is 3.65. The lowest BCUT2D eigenvalue weighted by Gasteiger charge is -2.08. The summed E-state index contributed by atoms with van der Waals surface area (Å²) in [4.78, 5) is 35.5. The summed E-state index contributed by atoms with van der Waals surface area (Å²) in [5, 5.41) is 9.92. The Morgan fingerprint density at radius 1 is 1.30 bits per heavy atom. The molecule has 0 fully saturated rings. The minimum atomic E-state index is -0.254. The fourth-order valence-electron chi connectivity index (χ4n) is 2.58. The van der Waals surface area contributed by atoms with Gasteiger partial charge in [0, 0.05) is 18.4 Å². The number of carbonyl (C=O) groups excluding carboxylic acids is 2. The maximum absolute atomic E-state index is 12.6. The Morgan fingerprint density at radius 2 is 2.04 bits per heavy atom. The van der Waals surface area contributed by atoms with E-state index in [0.29, 0.717) is 36.9 Å². The molecule has 5 heteroatoms. The zero-order valence-corrected chi connectivity index (χ0v) is 13.3. The molecule has 1 N–H and O–H groups in total. The van der Waals surface area contributed by atoms with E-state index in [9.17, 15) is 19.5 Å². The van der Waals surface area contributed by atoms with Crippen molar-refractivity contribution in [1.29, 1.82) is 0 Å². The third-order valence-electron chi connectivity index (χ3n) is 3.95. The van der Waals surface area contributed by atoms with Crippen molar-refractivity contribution < 1.29 is 19.1 Å². The molecular formula is C18H20O5. The highest BCUT2D eigenvalue weighted by Crippen LogP contribution is 2.26. The lowest BCUT2D eigenvalue weighted by Crippen LogP contribution is -2.14. The summed E-state index contributed by atoms with van der Waals surface area (Å²) in [7, 11) is 0. The van der Waals surface area contributed by atoms with E-state index in [0.717, 1.165) is 12.8 Å². The molecule has 2 aromatic rings. The topological polar surface area (TPSA) is 84.6 Å². The number of phenols is 1. The van der Waals surface area contributed by atoms with Crippen molar-refractivity contribution in [3.8, 4) is 5.75 Å². The third-order valence-corrected chi connectivity index (χ3v) is 3.95. The highest BCUT2D eigenvalue weighted by Gasteiger charge is 2.17. The Bertz CT molecular complexity index is 801. The maximum Gasteiger partial charge on any atom is 0.196 e. The number of hydrogen-bond donors (Lipinski definition) is 1. The molecule has 23 heavy (non-hydrogen) atoms. The van der Waals surface area contributed by atoms with Gasteiger partial charge >= 0.3 is 0 Å². The number of aromatic hydroxyl groups is 1. The molecule has 0 radical (unpaired) electrons. The predicted molar refractivity (Wildman–Crippen MR) is 87.1 cm³/mol. The van der Waals surface area contributed by atoms with Crippen molar-refractivity contribution in [3.05, 3.63) is 39.2 Å². The summed E-state index contributed by atoms with van der Waals surface area (Å²) < 4.78 is 5.59. The normalized spacial score (nSPS) is 10.9. The third kappa shape index (κ3) is 3.50. The van der Waals surface area contributed by atoms with E-state index in [1.165, 1.54) is 12.1 Å². The van der Waals surface area contributed by atoms with Crippen molar-refractivity contribution in [2.24, 2.45) is 0 Å². The number of rotatable bonds is 7. The number of unbranched alkanes of at least 4 members (excludes halogenated alkanes) is 1.